The molecule has 1 heterocycles. The first kappa shape index (κ1) is 12.5. The maximum absolute atomic E-state index is 10.5. The van der Waals surface area contributed by atoms with Crippen LogP contribution < -0.4 is 0 Å². The van der Waals surface area contributed by atoms with E-state index in [-0.39, 0.29) is 12.0 Å². The highest BCUT2D eigenvalue weighted by Gasteiger charge is 2.36. The van der Waals surface area contributed by atoms with Crippen molar-refractivity contribution < 1.29 is 9.90 Å². The van der Waals surface area contributed by atoms with Crippen LogP contribution in [0.15, 0.2) is 0 Å². The third-order valence-corrected chi connectivity index (χ3v) is 3.46. The lowest BCUT2D eigenvalue weighted by molar-refractivity contribution is -0.138. The standard InChI is InChI=1S/C12H23NO2/c1-4-5-10-8-13(9-10)12(2,3)7-6-11(14)15/h10H,4-9H2,1-3H3,(H,14,15). The fraction of sp³-hybridized carbons (Fsp3) is 0.917. The molecule has 0 unspecified atom stereocenters. The molecule has 0 aromatic carbocycles. The molecule has 3 heteroatoms. The molecule has 0 aliphatic carbocycles. The number of carboxylic acid groups (broad SMARTS) is 1. The van der Waals surface area contributed by atoms with Crippen molar-refractivity contribution in [3.8, 4) is 0 Å². The Bertz CT molecular complexity index is 220. The van der Waals surface area contributed by atoms with Gasteiger partial charge in [-0.2, -0.15) is 0 Å². The Kier molecular flexibility index (Phi) is 4.14. The van der Waals surface area contributed by atoms with Crippen LogP contribution in [0.5, 0.6) is 0 Å². The maximum atomic E-state index is 10.5. The number of hydrogen-bond acceptors (Lipinski definition) is 2. The Morgan fingerprint density at radius 3 is 2.53 bits per heavy atom. The average Bonchev–Trinajstić information content (AvgIpc) is 2.07. The van der Waals surface area contributed by atoms with E-state index in [4.69, 9.17) is 5.11 Å². The van der Waals surface area contributed by atoms with Gasteiger partial charge in [-0.3, -0.25) is 9.69 Å². The summed E-state index contributed by atoms with van der Waals surface area (Å²) < 4.78 is 0. The van der Waals surface area contributed by atoms with Crippen LogP contribution in [0.25, 0.3) is 0 Å². The van der Waals surface area contributed by atoms with Gasteiger partial charge in [-0.1, -0.05) is 13.3 Å². The van der Waals surface area contributed by atoms with Crippen LogP contribution >= 0.6 is 0 Å². The van der Waals surface area contributed by atoms with Gasteiger partial charge in [0.1, 0.15) is 0 Å². The van der Waals surface area contributed by atoms with Gasteiger partial charge >= 0.3 is 5.97 Å². The molecule has 88 valence electrons. The van der Waals surface area contributed by atoms with Crippen molar-refractivity contribution in [2.24, 2.45) is 5.92 Å². The van der Waals surface area contributed by atoms with Gasteiger partial charge in [0.15, 0.2) is 0 Å². The molecule has 0 radical (unpaired) electrons. The number of likely N-dealkylation sites (tertiary alicyclic amines) is 1. The van der Waals surface area contributed by atoms with Crippen molar-refractivity contribution in [3.63, 3.8) is 0 Å². The quantitative estimate of drug-likeness (QED) is 0.736. The lowest BCUT2D eigenvalue weighted by Gasteiger charge is -2.49. The highest BCUT2D eigenvalue weighted by molar-refractivity contribution is 5.66. The Balaban J connectivity index is 2.28. The van der Waals surface area contributed by atoms with Gasteiger partial charge in [0.05, 0.1) is 0 Å². The van der Waals surface area contributed by atoms with Gasteiger partial charge in [-0.05, 0) is 32.6 Å². The van der Waals surface area contributed by atoms with E-state index >= 15 is 0 Å². The summed E-state index contributed by atoms with van der Waals surface area (Å²) in [7, 11) is 0. The number of nitrogens with zero attached hydrogens (tertiary/aromatic N) is 1. The molecule has 0 aromatic heterocycles. The summed E-state index contributed by atoms with van der Waals surface area (Å²) in [6.07, 6.45) is 3.60. The molecule has 3 nitrogen and oxygen atoms in total. The first-order valence-electron chi connectivity index (χ1n) is 5.92. The zero-order valence-corrected chi connectivity index (χ0v) is 10.1. The second-order valence-corrected chi connectivity index (χ2v) is 5.27. The zero-order valence-electron chi connectivity index (χ0n) is 10.1. The molecule has 0 spiro atoms. The van der Waals surface area contributed by atoms with Crippen LogP contribution in [0, 0.1) is 5.92 Å². The van der Waals surface area contributed by atoms with Gasteiger partial charge in [0, 0.05) is 25.0 Å². The molecule has 1 N–H and O–H groups in total. The van der Waals surface area contributed by atoms with Crippen LogP contribution in [0.3, 0.4) is 0 Å². The third-order valence-electron chi connectivity index (χ3n) is 3.46. The topological polar surface area (TPSA) is 40.5 Å². The minimum Gasteiger partial charge on any atom is -0.481 e. The molecular weight excluding hydrogens is 190 g/mol. The van der Waals surface area contributed by atoms with E-state index in [0.29, 0.717) is 0 Å². The summed E-state index contributed by atoms with van der Waals surface area (Å²) in [6.45, 7) is 8.83. The third kappa shape index (κ3) is 3.49. The Morgan fingerprint density at radius 1 is 1.47 bits per heavy atom. The van der Waals surface area contributed by atoms with E-state index in [1.165, 1.54) is 12.8 Å². The summed E-state index contributed by atoms with van der Waals surface area (Å²) >= 11 is 0. The fourth-order valence-corrected chi connectivity index (χ4v) is 2.23. The average molecular weight is 213 g/mol. The molecule has 1 saturated heterocycles. The van der Waals surface area contributed by atoms with Gasteiger partial charge in [-0.25, -0.2) is 0 Å². The summed E-state index contributed by atoms with van der Waals surface area (Å²) in [4.78, 5) is 12.9. The minimum absolute atomic E-state index is 0.0582. The molecule has 1 fully saturated rings. The molecule has 1 rings (SSSR count). The number of aliphatic carboxylic acids is 1. The molecule has 0 bridgehead atoms. The largest absolute Gasteiger partial charge is 0.481 e. The Hall–Kier alpha value is -0.570. The molecule has 1 aliphatic heterocycles. The maximum Gasteiger partial charge on any atom is 0.303 e. The summed E-state index contributed by atoms with van der Waals surface area (Å²) in [5, 5.41) is 8.67. The van der Waals surface area contributed by atoms with Crippen molar-refractivity contribution >= 4 is 5.97 Å². The van der Waals surface area contributed by atoms with E-state index in [2.05, 4.69) is 25.7 Å². The fourth-order valence-electron chi connectivity index (χ4n) is 2.23. The summed E-state index contributed by atoms with van der Waals surface area (Å²) in [6, 6.07) is 0. The van der Waals surface area contributed by atoms with Gasteiger partial charge < -0.3 is 5.11 Å². The lowest BCUT2D eigenvalue weighted by atomic mass is 9.86. The van der Waals surface area contributed by atoms with E-state index in [0.717, 1.165) is 25.4 Å². The van der Waals surface area contributed by atoms with Crippen molar-refractivity contribution in [1.82, 2.24) is 4.90 Å². The SMILES string of the molecule is CCCC1CN(C(C)(C)CCC(=O)O)C1. The van der Waals surface area contributed by atoms with E-state index in [1.54, 1.807) is 0 Å². The van der Waals surface area contributed by atoms with Crippen LogP contribution in [0.4, 0.5) is 0 Å². The van der Waals surface area contributed by atoms with Crippen LogP contribution in [0.2, 0.25) is 0 Å². The van der Waals surface area contributed by atoms with Gasteiger partial charge in [0.25, 0.3) is 0 Å². The zero-order chi connectivity index (χ0) is 11.5. The summed E-state index contributed by atoms with van der Waals surface area (Å²) in [5.74, 6) is 0.160. The predicted octanol–water partition coefficient (Wildman–Crippen LogP) is 2.36. The first-order chi connectivity index (χ1) is 6.95. The molecule has 15 heavy (non-hydrogen) atoms. The van der Waals surface area contributed by atoms with Crippen molar-refractivity contribution in [2.45, 2.75) is 52.0 Å². The number of carboxylic acids is 1. The molecule has 0 atom stereocenters. The second kappa shape index (κ2) is 4.97. The summed E-state index contributed by atoms with van der Waals surface area (Å²) in [5.41, 5.74) is 0.0582. The normalized spacial score (nSPS) is 18.9. The van der Waals surface area contributed by atoms with Gasteiger partial charge in [-0.15, -0.1) is 0 Å². The molecule has 0 amide bonds. The van der Waals surface area contributed by atoms with E-state index in [9.17, 15) is 4.79 Å². The highest BCUT2D eigenvalue weighted by Crippen LogP contribution is 2.31. The molecule has 0 aromatic rings. The minimum atomic E-state index is -0.686. The first-order valence-corrected chi connectivity index (χ1v) is 5.92. The lowest BCUT2D eigenvalue weighted by Crippen LogP contribution is -2.57. The van der Waals surface area contributed by atoms with Crippen LogP contribution in [-0.4, -0.2) is 34.6 Å². The number of carbonyl (C=O) groups is 1. The second-order valence-electron chi connectivity index (χ2n) is 5.27. The molecule has 1 aliphatic rings. The molecule has 0 saturated carbocycles. The van der Waals surface area contributed by atoms with Crippen LogP contribution in [-0.2, 0) is 4.79 Å². The van der Waals surface area contributed by atoms with Crippen molar-refractivity contribution in [1.29, 1.82) is 0 Å². The van der Waals surface area contributed by atoms with E-state index in [1.807, 2.05) is 0 Å². The Morgan fingerprint density at radius 2 is 2.07 bits per heavy atom. The number of hydrogen-bond donors (Lipinski definition) is 1. The van der Waals surface area contributed by atoms with Crippen molar-refractivity contribution in [3.05, 3.63) is 0 Å². The monoisotopic (exact) mass is 213 g/mol. The van der Waals surface area contributed by atoms with E-state index < -0.39 is 5.97 Å². The van der Waals surface area contributed by atoms with Crippen LogP contribution in [0.1, 0.15) is 46.5 Å². The molecular formula is C12H23NO2. The van der Waals surface area contributed by atoms with Crippen molar-refractivity contribution in [2.75, 3.05) is 13.1 Å². The predicted molar refractivity (Wildman–Crippen MR) is 60.9 cm³/mol. The number of rotatable bonds is 6. The smallest absolute Gasteiger partial charge is 0.303 e. The Labute approximate surface area is 92.5 Å². The highest BCUT2D eigenvalue weighted by atomic mass is 16.4. The van der Waals surface area contributed by atoms with Gasteiger partial charge in [0.2, 0.25) is 0 Å².